The molecule has 0 heterocycles. The van der Waals surface area contributed by atoms with Crippen molar-refractivity contribution in [2.24, 2.45) is 0 Å². The number of unbranched alkanes of at least 4 members (excludes halogenated alkanes) is 2. The van der Waals surface area contributed by atoms with Crippen molar-refractivity contribution in [2.75, 3.05) is 25.2 Å². The fourth-order valence-electron chi connectivity index (χ4n) is 4.20. The molecule has 0 fully saturated rings. The number of hydrogen-bond donors (Lipinski definition) is 3. The number of thioether (sulfide) groups is 1. The van der Waals surface area contributed by atoms with Crippen LogP contribution in [-0.4, -0.2) is 54.3 Å². The average molecular weight is 485 g/mol. The summed E-state index contributed by atoms with van der Waals surface area (Å²) in [4.78, 5) is 35.8. The summed E-state index contributed by atoms with van der Waals surface area (Å²) >= 11 is 1.60. The molecule has 182 valence electrons. The molecule has 7 nitrogen and oxygen atoms in total. The Hall–Kier alpha value is -3.00. The second-order valence-corrected chi connectivity index (χ2v) is 9.28. The van der Waals surface area contributed by atoms with Gasteiger partial charge >= 0.3 is 12.1 Å². The highest BCUT2D eigenvalue weighted by molar-refractivity contribution is 7.98. The normalized spacial score (nSPS) is 13.0. The van der Waals surface area contributed by atoms with Crippen molar-refractivity contribution in [3.63, 3.8) is 0 Å². The Morgan fingerprint density at radius 1 is 1.00 bits per heavy atom. The van der Waals surface area contributed by atoms with E-state index in [9.17, 15) is 14.4 Å². The van der Waals surface area contributed by atoms with Gasteiger partial charge < -0.3 is 20.5 Å². The maximum atomic E-state index is 12.6. The molecule has 0 aromatic heterocycles. The van der Waals surface area contributed by atoms with Crippen molar-refractivity contribution in [1.29, 1.82) is 0 Å². The molecule has 0 saturated carbocycles. The molecule has 1 atom stereocenters. The Morgan fingerprint density at radius 3 is 2.26 bits per heavy atom. The van der Waals surface area contributed by atoms with Crippen LogP contribution in [0.15, 0.2) is 48.5 Å². The number of carbonyl (C=O) groups excluding carboxylic acids is 2. The number of hydrogen-bond acceptors (Lipinski definition) is 5. The molecule has 0 radical (unpaired) electrons. The van der Waals surface area contributed by atoms with Crippen LogP contribution in [0.3, 0.4) is 0 Å². The molecule has 0 aliphatic heterocycles. The quantitative estimate of drug-likeness (QED) is 0.364. The van der Waals surface area contributed by atoms with Crippen LogP contribution in [0, 0.1) is 0 Å². The third-order valence-electron chi connectivity index (χ3n) is 5.93. The highest BCUT2D eigenvalue weighted by Crippen LogP contribution is 2.44. The third-order valence-corrected chi connectivity index (χ3v) is 6.57. The van der Waals surface area contributed by atoms with Crippen LogP contribution in [0.1, 0.15) is 49.1 Å². The van der Waals surface area contributed by atoms with Gasteiger partial charge in [-0.1, -0.05) is 55.0 Å². The predicted octanol–water partition coefficient (Wildman–Crippen LogP) is 4.41. The Kier molecular flexibility index (Phi) is 9.82. The smallest absolute Gasteiger partial charge is 0.407 e. The van der Waals surface area contributed by atoms with Gasteiger partial charge in [0.2, 0.25) is 5.91 Å². The summed E-state index contributed by atoms with van der Waals surface area (Å²) in [6.07, 6.45) is 3.97. The summed E-state index contributed by atoms with van der Waals surface area (Å²) in [6.45, 7) is 0.640. The molecule has 2 aromatic carbocycles. The second-order valence-electron chi connectivity index (χ2n) is 8.30. The van der Waals surface area contributed by atoms with Crippen LogP contribution in [0.5, 0.6) is 0 Å². The van der Waals surface area contributed by atoms with Gasteiger partial charge in [0.15, 0.2) is 0 Å². The number of amides is 2. The molecule has 34 heavy (non-hydrogen) atoms. The summed E-state index contributed by atoms with van der Waals surface area (Å²) in [5, 5.41) is 14.3. The van der Waals surface area contributed by atoms with E-state index in [1.54, 1.807) is 11.8 Å². The molecule has 8 heteroatoms. The first-order valence-electron chi connectivity index (χ1n) is 11.6. The third kappa shape index (κ3) is 7.00. The zero-order valence-electron chi connectivity index (χ0n) is 19.4. The van der Waals surface area contributed by atoms with Gasteiger partial charge in [-0.3, -0.25) is 9.59 Å². The number of alkyl carbamates (subject to hydrolysis) is 1. The lowest BCUT2D eigenvalue weighted by Gasteiger charge is -2.19. The maximum absolute atomic E-state index is 12.6. The van der Waals surface area contributed by atoms with Crippen LogP contribution in [0.4, 0.5) is 4.79 Å². The van der Waals surface area contributed by atoms with Crippen molar-refractivity contribution in [2.45, 2.75) is 44.1 Å². The number of aliphatic carboxylic acids is 1. The van der Waals surface area contributed by atoms with E-state index in [4.69, 9.17) is 9.84 Å². The van der Waals surface area contributed by atoms with Crippen molar-refractivity contribution in [3.8, 4) is 11.1 Å². The number of ether oxygens (including phenoxy) is 1. The largest absolute Gasteiger partial charge is 0.481 e. The van der Waals surface area contributed by atoms with E-state index in [1.165, 1.54) is 0 Å². The topological polar surface area (TPSA) is 105 Å². The van der Waals surface area contributed by atoms with E-state index >= 15 is 0 Å². The minimum atomic E-state index is -0.812. The number of carbonyl (C=O) groups is 3. The monoisotopic (exact) mass is 484 g/mol. The molecule has 0 bridgehead atoms. The van der Waals surface area contributed by atoms with E-state index in [0.717, 1.165) is 34.4 Å². The fraction of sp³-hybridized carbons (Fsp3) is 0.423. The zero-order valence-corrected chi connectivity index (χ0v) is 20.2. The van der Waals surface area contributed by atoms with Crippen molar-refractivity contribution in [1.82, 2.24) is 10.6 Å². The predicted molar refractivity (Wildman–Crippen MR) is 134 cm³/mol. The number of carboxylic acids is 1. The lowest BCUT2D eigenvalue weighted by molar-refractivity contribution is -0.137. The molecule has 0 unspecified atom stereocenters. The first-order valence-corrected chi connectivity index (χ1v) is 13.0. The standard InChI is InChI=1S/C26H32N2O5S/c1-34-16-14-23(25(31)27-15-8-2-3-13-24(29)30)28-26(32)33-17-22-20-11-6-4-9-18(20)19-10-5-7-12-21(19)22/h4-7,9-12,22-23H,2-3,8,13-17H2,1H3,(H,27,31)(H,28,32)(H,29,30)/t23-/m1/s1. The van der Waals surface area contributed by atoms with E-state index < -0.39 is 18.1 Å². The number of nitrogens with one attached hydrogen (secondary N) is 2. The highest BCUT2D eigenvalue weighted by atomic mass is 32.2. The molecule has 0 spiro atoms. The SMILES string of the molecule is CSCC[C@@H](NC(=O)OCC1c2ccccc2-c2ccccc21)C(=O)NCCCCCC(=O)O. The number of carboxylic acid groups (broad SMARTS) is 1. The number of benzene rings is 2. The summed E-state index contributed by atoms with van der Waals surface area (Å²) in [7, 11) is 0. The van der Waals surface area contributed by atoms with Crippen LogP contribution in [-0.2, 0) is 14.3 Å². The van der Waals surface area contributed by atoms with Gasteiger partial charge in [-0.15, -0.1) is 0 Å². The lowest BCUT2D eigenvalue weighted by Crippen LogP contribution is -2.47. The zero-order chi connectivity index (χ0) is 24.3. The first kappa shape index (κ1) is 25.6. The van der Waals surface area contributed by atoms with Crippen molar-refractivity contribution < 1.29 is 24.2 Å². The van der Waals surface area contributed by atoms with Crippen LogP contribution in [0.2, 0.25) is 0 Å². The lowest BCUT2D eigenvalue weighted by atomic mass is 9.98. The van der Waals surface area contributed by atoms with Crippen LogP contribution in [0.25, 0.3) is 11.1 Å². The van der Waals surface area contributed by atoms with E-state index in [1.807, 2.05) is 30.5 Å². The molecular formula is C26H32N2O5S. The molecule has 2 aromatic rings. The molecular weight excluding hydrogens is 452 g/mol. The maximum Gasteiger partial charge on any atom is 0.407 e. The Balaban J connectivity index is 1.52. The van der Waals surface area contributed by atoms with Gasteiger partial charge in [-0.25, -0.2) is 4.79 Å². The van der Waals surface area contributed by atoms with E-state index in [-0.39, 0.29) is 24.9 Å². The highest BCUT2D eigenvalue weighted by Gasteiger charge is 2.29. The van der Waals surface area contributed by atoms with Crippen molar-refractivity contribution >= 4 is 29.7 Å². The molecule has 3 rings (SSSR count). The minimum absolute atomic E-state index is 0.0394. The van der Waals surface area contributed by atoms with Crippen LogP contribution >= 0.6 is 11.8 Å². The summed E-state index contributed by atoms with van der Waals surface area (Å²) in [5.74, 6) is -0.378. The molecule has 2 amide bonds. The van der Waals surface area contributed by atoms with Crippen molar-refractivity contribution in [3.05, 3.63) is 59.7 Å². The average Bonchev–Trinajstić information content (AvgIpc) is 3.16. The number of rotatable bonds is 13. The van der Waals surface area contributed by atoms with Crippen LogP contribution < -0.4 is 10.6 Å². The molecule has 1 aliphatic rings. The van der Waals surface area contributed by atoms with Gasteiger partial charge in [0.05, 0.1) is 0 Å². The van der Waals surface area contributed by atoms with Gasteiger partial charge in [-0.05, 0) is 53.5 Å². The first-order chi connectivity index (χ1) is 16.5. The Bertz CT molecular complexity index is 951. The van der Waals surface area contributed by atoms with E-state index in [2.05, 4.69) is 34.9 Å². The molecule has 0 saturated heterocycles. The van der Waals surface area contributed by atoms with Gasteiger partial charge in [0.25, 0.3) is 0 Å². The molecule has 3 N–H and O–H groups in total. The Morgan fingerprint density at radius 2 is 1.65 bits per heavy atom. The summed E-state index contributed by atoms with van der Waals surface area (Å²) in [6, 6.07) is 15.6. The van der Waals surface area contributed by atoms with E-state index in [0.29, 0.717) is 25.8 Å². The molecule has 1 aliphatic carbocycles. The van der Waals surface area contributed by atoms with Gasteiger partial charge in [-0.2, -0.15) is 11.8 Å². The fourth-order valence-corrected chi connectivity index (χ4v) is 4.67. The Labute approximate surface area is 204 Å². The van der Waals surface area contributed by atoms with Gasteiger partial charge in [0.1, 0.15) is 12.6 Å². The van der Waals surface area contributed by atoms with Gasteiger partial charge in [0, 0.05) is 18.9 Å². The second kappa shape index (κ2) is 13.0. The summed E-state index contributed by atoms with van der Waals surface area (Å²) in [5.41, 5.74) is 4.59. The number of fused-ring (bicyclic) bond motifs is 3. The summed E-state index contributed by atoms with van der Waals surface area (Å²) < 4.78 is 5.59. The minimum Gasteiger partial charge on any atom is -0.481 e.